The lowest BCUT2D eigenvalue weighted by Crippen LogP contribution is -2.27. The van der Waals surface area contributed by atoms with Crippen molar-refractivity contribution in [3.8, 4) is 11.6 Å². The molecule has 0 atom stereocenters. The number of ether oxygens (including phenoxy) is 1. The van der Waals surface area contributed by atoms with Gasteiger partial charge in [0, 0.05) is 6.54 Å². The van der Waals surface area contributed by atoms with Gasteiger partial charge in [0.15, 0.2) is 5.69 Å². The molecule has 37 heavy (non-hydrogen) atoms. The number of carbonyl (C=O) groups excluding carboxylic acids is 1. The number of rotatable bonds is 11. The van der Waals surface area contributed by atoms with Gasteiger partial charge in [-0.3, -0.25) is 9.69 Å². The van der Waals surface area contributed by atoms with Crippen LogP contribution in [-0.4, -0.2) is 55.4 Å². The van der Waals surface area contributed by atoms with E-state index in [1.54, 1.807) is 0 Å². The Balaban J connectivity index is 1.43. The molecule has 12 heteroatoms. The average molecular weight is 504 g/mol. The summed E-state index contributed by atoms with van der Waals surface area (Å²) >= 11 is 0. The van der Waals surface area contributed by atoms with Gasteiger partial charge in [0.25, 0.3) is 5.91 Å². The van der Waals surface area contributed by atoms with Crippen molar-refractivity contribution in [3.63, 3.8) is 0 Å². The molecule has 12 nitrogen and oxygen atoms in total. The van der Waals surface area contributed by atoms with Gasteiger partial charge >= 0.3 is 0 Å². The van der Waals surface area contributed by atoms with Gasteiger partial charge in [-0.2, -0.15) is 9.78 Å². The molecule has 0 saturated heterocycles. The van der Waals surface area contributed by atoms with Gasteiger partial charge in [-0.15, -0.1) is 5.10 Å². The molecule has 0 radical (unpaired) electrons. The zero-order valence-corrected chi connectivity index (χ0v) is 21.0. The van der Waals surface area contributed by atoms with Gasteiger partial charge < -0.3 is 10.5 Å². The Hall–Kier alpha value is -4.58. The topological polar surface area (TPSA) is 150 Å². The Labute approximate surface area is 214 Å². The molecule has 192 valence electrons. The van der Waals surface area contributed by atoms with Crippen LogP contribution in [0.1, 0.15) is 46.7 Å². The normalized spacial score (nSPS) is 11.4. The minimum atomic E-state index is -0.524. The fourth-order valence-corrected chi connectivity index (χ4v) is 3.51. The van der Waals surface area contributed by atoms with Gasteiger partial charge in [0.2, 0.25) is 11.6 Å². The van der Waals surface area contributed by atoms with E-state index in [2.05, 4.69) is 52.8 Å². The van der Waals surface area contributed by atoms with Crippen LogP contribution in [-0.2, 0) is 13.2 Å². The number of carbonyl (C=O) groups is 1. The van der Waals surface area contributed by atoms with Gasteiger partial charge in [-0.05, 0) is 65.7 Å². The summed E-state index contributed by atoms with van der Waals surface area (Å²) in [6.45, 7) is 8.55. The predicted octanol–water partition coefficient (Wildman–Crippen LogP) is 2.73. The fraction of sp³-hybridized carbons (Fsp3) is 0.280. The SMILES string of the molecule is CCN(CC)Cc1nnn(-c2nonc2N)c1C(=O)N/N=C/c1ccc(OCc2ccc(C)cc2)cc1. The average Bonchev–Trinajstić information content (AvgIpc) is 3.53. The molecule has 4 aromatic rings. The smallest absolute Gasteiger partial charge is 0.292 e. The van der Waals surface area contributed by atoms with Crippen molar-refractivity contribution in [1.82, 2.24) is 35.6 Å². The first kappa shape index (κ1) is 25.5. The van der Waals surface area contributed by atoms with E-state index in [-0.39, 0.29) is 17.3 Å². The van der Waals surface area contributed by atoms with E-state index in [0.717, 1.165) is 30.0 Å². The molecule has 1 amide bonds. The van der Waals surface area contributed by atoms with Crippen molar-refractivity contribution in [2.45, 2.75) is 33.9 Å². The van der Waals surface area contributed by atoms with Crippen molar-refractivity contribution in [3.05, 3.63) is 76.6 Å². The van der Waals surface area contributed by atoms with E-state index in [0.29, 0.717) is 18.8 Å². The molecule has 0 aliphatic heterocycles. The number of nitrogens with one attached hydrogen (secondary N) is 1. The highest BCUT2D eigenvalue weighted by molar-refractivity contribution is 5.95. The molecule has 2 aromatic carbocycles. The number of nitrogens with two attached hydrogens (primary N) is 1. The van der Waals surface area contributed by atoms with Crippen LogP contribution in [0.2, 0.25) is 0 Å². The molecule has 3 N–H and O–H groups in total. The molecule has 0 saturated carbocycles. The number of anilines is 1. The summed E-state index contributed by atoms with van der Waals surface area (Å²) in [5.41, 5.74) is 12.0. The number of nitrogen functional groups attached to an aromatic ring is 1. The Bertz CT molecular complexity index is 1340. The van der Waals surface area contributed by atoms with Gasteiger partial charge in [-0.1, -0.05) is 48.9 Å². The summed E-state index contributed by atoms with van der Waals surface area (Å²) in [7, 11) is 0. The Morgan fingerprint density at radius 1 is 1.14 bits per heavy atom. The highest BCUT2D eigenvalue weighted by Crippen LogP contribution is 2.17. The lowest BCUT2D eigenvalue weighted by Gasteiger charge is -2.16. The molecule has 4 rings (SSSR count). The summed E-state index contributed by atoms with van der Waals surface area (Å²) in [4.78, 5) is 15.2. The van der Waals surface area contributed by atoms with Crippen LogP contribution >= 0.6 is 0 Å². The lowest BCUT2D eigenvalue weighted by molar-refractivity contribution is 0.0945. The molecule has 0 fully saturated rings. The standard InChI is InChI=1S/C25H29N9O3/c1-4-33(5-2)15-21-22(34(32-28-21)24-23(26)30-37-31-24)25(35)29-27-14-18-10-12-20(13-11-18)36-16-19-8-6-17(3)7-9-19/h6-14H,4-5,15-16H2,1-3H3,(H2,26,30)(H,29,35)/b27-14+. The Kier molecular flexibility index (Phi) is 8.21. The quantitative estimate of drug-likeness (QED) is 0.233. The van der Waals surface area contributed by atoms with Crippen molar-refractivity contribution >= 4 is 17.9 Å². The van der Waals surface area contributed by atoms with E-state index in [1.807, 2.05) is 57.2 Å². The Morgan fingerprint density at radius 3 is 2.51 bits per heavy atom. The van der Waals surface area contributed by atoms with Crippen molar-refractivity contribution in [2.24, 2.45) is 5.10 Å². The zero-order valence-electron chi connectivity index (χ0n) is 21.0. The molecular formula is C25H29N9O3. The maximum atomic E-state index is 13.1. The molecular weight excluding hydrogens is 474 g/mol. The maximum absolute atomic E-state index is 13.1. The van der Waals surface area contributed by atoms with E-state index in [9.17, 15) is 4.79 Å². The second kappa shape index (κ2) is 11.9. The van der Waals surface area contributed by atoms with E-state index in [1.165, 1.54) is 16.5 Å². The number of aryl methyl sites for hydroxylation is 1. The largest absolute Gasteiger partial charge is 0.489 e. The molecule has 2 aromatic heterocycles. The van der Waals surface area contributed by atoms with E-state index < -0.39 is 5.91 Å². The number of hydrogen-bond donors (Lipinski definition) is 2. The molecule has 0 aliphatic carbocycles. The van der Waals surface area contributed by atoms with Crippen LogP contribution in [0.25, 0.3) is 5.82 Å². The number of hydrogen-bond acceptors (Lipinski definition) is 10. The van der Waals surface area contributed by atoms with Crippen LogP contribution in [0, 0.1) is 6.92 Å². The maximum Gasteiger partial charge on any atom is 0.292 e. The van der Waals surface area contributed by atoms with E-state index in [4.69, 9.17) is 10.5 Å². The predicted molar refractivity (Wildman–Crippen MR) is 137 cm³/mol. The number of aromatic nitrogens is 5. The van der Waals surface area contributed by atoms with Gasteiger partial charge in [0.05, 0.1) is 6.21 Å². The van der Waals surface area contributed by atoms with Crippen molar-refractivity contribution in [2.75, 3.05) is 18.8 Å². The molecule has 0 spiro atoms. The summed E-state index contributed by atoms with van der Waals surface area (Å²) in [6, 6.07) is 15.6. The van der Waals surface area contributed by atoms with Gasteiger partial charge in [0.1, 0.15) is 18.1 Å². The first-order valence-electron chi connectivity index (χ1n) is 11.9. The zero-order chi connectivity index (χ0) is 26.2. The third-order valence-corrected chi connectivity index (χ3v) is 5.71. The summed E-state index contributed by atoms with van der Waals surface area (Å²) in [5.74, 6) is 0.274. The second-order valence-electron chi connectivity index (χ2n) is 8.27. The third kappa shape index (κ3) is 6.35. The monoisotopic (exact) mass is 503 g/mol. The second-order valence-corrected chi connectivity index (χ2v) is 8.27. The minimum Gasteiger partial charge on any atom is -0.489 e. The van der Waals surface area contributed by atoms with Crippen LogP contribution in [0.15, 0.2) is 58.3 Å². The summed E-state index contributed by atoms with van der Waals surface area (Å²) in [6.07, 6.45) is 1.53. The number of amides is 1. The summed E-state index contributed by atoms with van der Waals surface area (Å²) in [5, 5.41) is 19.6. The van der Waals surface area contributed by atoms with Crippen molar-refractivity contribution in [1.29, 1.82) is 0 Å². The van der Waals surface area contributed by atoms with Crippen LogP contribution in [0.3, 0.4) is 0 Å². The molecule has 0 bridgehead atoms. The highest BCUT2D eigenvalue weighted by atomic mass is 16.6. The fourth-order valence-electron chi connectivity index (χ4n) is 3.51. The van der Waals surface area contributed by atoms with Crippen LogP contribution in [0.5, 0.6) is 5.75 Å². The molecule has 0 aliphatic rings. The first-order valence-corrected chi connectivity index (χ1v) is 11.9. The van der Waals surface area contributed by atoms with Gasteiger partial charge in [-0.25, -0.2) is 10.1 Å². The molecule has 0 unspecified atom stereocenters. The van der Waals surface area contributed by atoms with Crippen molar-refractivity contribution < 1.29 is 14.2 Å². The first-order chi connectivity index (χ1) is 18.0. The lowest BCUT2D eigenvalue weighted by atomic mass is 10.2. The van der Waals surface area contributed by atoms with E-state index >= 15 is 0 Å². The van der Waals surface area contributed by atoms with Crippen LogP contribution < -0.4 is 15.9 Å². The summed E-state index contributed by atoms with van der Waals surface area (Å²) < 4.78 is 11.7. The third-order valence-electron chi connectivity index (χ3n) is 5.71. The number of benzene rings is 2. The Morgan fingerprint density at radius 2 is 1.86 bits per heavy atom. The highest BCUT2D eigenvalue weighted by Gasteiger charge is 2.25. The number of hydrazone groups is 1. The van der Waals surface area contributed by atoms with Crippen LogP contribution in [0.4, 0.5) is 5.82 Å². The minimum absolute atomic E-state index is 0.0125. The molecule has 2 heterocycles. The number of nitrogens with zero attached hydrogens (tertiary/aromatic N) is 7.